The molecule has 0 spiro atoms. The summed E-state index contributed by atoms with van der Waals surface area (Å²) < 4.78 is 32.8. The van der Waals surface area contributed by atoms with Crippen molar-refractivity contribution < 1.29 is 13.2 Å². The van der Waals surface area contributed by atoms with Crippen LogP contribution in [0.25, 0.3) is 0 Å². The van der Waals surface area contributed by atoms with Crippen molar-refractivity contribution in [3.63, 3.8) is 0 Å². The van der Waals surface area contributed by atoms with Crippen LogP contribution in [0.2, 0.25) is 0 Å². The van der Waals surface area contributed by atoms with Gasteiger partial charge in [0.25, 0.3) is 0 Å². The van der Waals surface area contributed by atoms with Gasteiger partial charge in [-0.25, -0.2) is 13.1 Å². The number of sulfonamides is 1. The molecule has 1 aromatic carbocycles. The number of hydrogen-bond donors (Lipinski definition) is 2. The van der Waals surface area contributed by atoms with Crippen molar-refractivity contribution in [2.75, 3.05) is 20.8 Å². The molecule has 2 N–H and O–H groups in total. The molecule has 0 radical (unpaired) electrons. The van der Waals surface area contributed by atoms with Gasteiger partial charge in [0.2, 0.25) is 10.0 Å². The monoisotopic (exact) mass is 314 g/mol. The summed E-state index contributed by atoms with van der Waals surface area (Å²) in [6.07, 6.45) is 1.33. The van der Waals surface area contributed by atoms with Crippen molar-refractivity contribution in [1.82, 2.24) is 10.0 Å². The summed E-state index contributed by atoms with van der Waals surface area (Å²) >= 11 is 0. The Morgan fingerprint density at radius 2 is 2.05 bits per heavy atom. The van der Waals surface area contributed by atoms with Crippen molar-refractivity contribution in [3.8, 4) is 0 Å². The minimum absolute atomic E-state index is 0.160. The van der Waals surface area contributed by atoms with Crippen molar-refractivity contribution in [2.45, 2.75) is 44.2 Å². The largest absolute Gasteiger partial charge is 0.385 e. The van der Waals surface area contributed by atoms with E-state index in [0.29, 0.717) is 30.9 Å². The highest BCUT2D eigenvalue weighted by atomic mass is 32.2. The molecule has 1 aromatic rings. The number of rotatable bonds is 9. The van der Waals surface area contributed by atoms with Crippen molar-refractivity contribution in [2.24, 2.45) is 0 Å². The predicted molar refractivity (Wildman–Crippen MR) is 84.9 cm³/mol. The molecule has 1 unspecified atom stereocenters. The Balaban J connectivity index is 3.02. The zero-order chi connectivity index (χ0) is 15.9. The van der Waals surface area contributed by atoms with Gasteiger partial charge in [-0.15, -0.1) is 0 Å². The van der Waals surface area contributed by atoms with E-state index in [1.54, 1.807) is 13.2 Å². The Morgan fingerprint density at radius 1 is 1.33 bits per heavy atom. The molecule has 0 aliphatic heterocycles. The molecule has 0 bridgehead atoms. The average molecular weight is 314 g/mol. The number of aryl methyl sites for hydroxylation is 1. The van der Waals surface area contributed by atoms with E-state index in [0.717, 1.165) is 11.1 Å². The molecule has 0 aliphatic rings. The van der Waals surface area contributed by atoms with Crippen LogP contribution < -0.4 is 10.0 Å². The summed E-state index contributed by atoms with van der Waals surface area (Å²) in [7, 11) is -0.0578. The summed E-state index contributed by atoms with van der Waals surface area (Å²) in [6.45, 7) is 4.98. The van der Waals surface area contributed by atoms with Crippen LogP contribution in [-0.4, -0.2) is 35.2 Å². The standard InChI is InChI=1S/C15H26N2O3S/c1-5-14-7-6-13(11-16-3)10-15(14)21(18,19)17-12(2)8-9-20-4/h6-7,10,12,16-17H,5,8-9,11H2,1-4H3. The Hall–Kier alpha value is -0.950. The van der Waals surface area contributed by atoms with Crippen LogP contribution in [0.3, 0.4) is 0 Å². The number of ether oxygens (including phenoxy) is 1. The van der Waals surface area contributed by atoms with Crippen LogP contribution in [-0.2, 0) is 27.7 Å². The second-order valence-corrected chi connectivity index (χ2v) is 6.81. The molecule has 120 valence electrons. The van der Waals surface area contributed by atoms with Gasteiger partial charge in [-0.2, -0.15) is 0 Å². The van der Waals surface area contributed by atoms with Crippen molar-refractivity contribution >= 4 is 10.0 Å². The molecule has 5 nitrogen and oxygen atoms in total. The molecule has 6 heteroatoms. The maximum Gasteiger partial charge on any atom is 0.241 e. The average Bonchev–Trinajstić information content (AvgIpc) is 2.45. The zero-order valence-electron chi connectivity index (χ0n) is 13.3. The summed E-state index contributed by atoms with van der Waals surface area (Å²) in [5.74, 6) is 0. The molecule has 0 fully saturated rings. The topological polar surface area (TPSA) is 67.4 Å². The summed E-state index contributed by atoms with van der Waals surface area (Å²) in [5, 5.41) is 3.04. The predicted octanol–water partition coefficient (Wildman–Crippen LogP) is 1.67. The highest BCUT2D eigenvalue weighted by Gasteiger charge is 2.20. The summed E-state index contributed by atoms with van der Waals surface area (Å²) in [4.78, 5) is 0.377. The molecule has 21 heavy (non-hydrogen) atoms. The SMILES string of the molecule is CCc1ccc(CNC)cc1S(=O)(=O)NC(C)CCOC. The Morgan fingerprint density at radius 3 is 2.62 bits per heavy atom. The molecule has 0 aromatic heterocycles. The molecule has 1 rings (SSSR count). The lowest BCUT2D eigenvalue weighted by Crippen LogP contribution is -2.34. The first kappa shape index (κ1) is 18.1. The molecule has 0 saturated heterocycles. The minimum Gasteiger partial charge on any atom is -0.385 e. The zero-order valence-corrected chi connectivity index (χ0v) is 14.1. The molecular formula is C15H26N2O3S. The molecular weight excluding hydrogens is 288 g/mol. The lowest BCUT2D eigenvalue weighted by Gasteiger charge is -2.16. The fourth-order valence-electron chi connectivity index (χ4n) is 2.14. The van der Waals surface area contributed by atoms with Crippen molar-refractivity contribution in [1.29, 1.82) is 0 Å². The lowest BCUT2D eigenvalue weighted by molar-refractivity contribution is 0.188. The third kappa shape index (κ3) is 5.39. The van der Waals surface area contributed by atoms with Crippen LogP contribution in [0.4, 0.5) is 0 Å². The van der Waals surface area contributed by atoms with Gasteiger partial charge in [-0.05, 0) is 44.0 Å². The second kappa shape index (κ2) is 8.48. The van der Waals surface area contributed by atoms with Crippen LogP contribution in [0.5, 0.6) is 0 Å². The van der Waals surface area contributed by atoms with E-state index in [2.05, 4.69) is 10.0 Å². The molecule has 0 aliphatic carbocycles. The lowest BCUT2D eigenvalue weighted by atomic mass is 10.1. The van der Waals surface area contributed by atoms with Gasteiger partial charge in [0.05, 0.1) is 4.90 Å². The van der Waals surface area contributed by atoms with Gasteiger partial charge in [0.1, 0.15) is 0 Å². The smallest absolute Gasteiger partial charge is 0.241 e. The van der Waals surface area contributed by atoms with Crippen molar-refractivity contribution in [3.05, 3.63) is 29.3 Å². The Bertz CT molecular complexity index is 544. The fourth-order valence-corrected chi connectivity index (χ4v) is 3.78. The van der Waals surface area contributed by atoms with E-state index in [-0.39, 0.29) is 6.04 Å². The third-order valence-corrected chi connectivity index (χ3v) is 4.97. The first-order chi connectivity index (χ1) is 9.94. The number of hydrogen-bond acceptors (Lipinski definition) is 4. The van der Waals surface area contributed by atoms with Gasteiger partial charge in [0.15, 0.2) is 0 Å². The van der Waals surface area contributed by atoms with E-state index in [1.165, 1.54) is 0 Å². The van der Waals surface area contributed by atoms with Crippen LogP contribution >= 0.6 is 0 Å². The minimum atomic E-state index is -3.51. The highest BCUT2D eigenvalue weighted by Crippen LogP contribution is 2.19. The van der Waals surface area contributed by atoms with E-state index < -0.39 is 10.0 Å². The van der Waals surface area contributed by atoms with Crippen LogP contribution in [0.15, 0.2) is 23.1 Å². The van der Waals surface area contributed by atoms with Gasteiger partial charge in [0, 0.05) is 26.3 Å². The van der Waals surface area contributed by atoms with Crippen LogP contribution in [0.1, 0.15) is 31.4 Å². The normalized spacial score (nSPS) is 13.3. The van der Waals surface area contributed by atoms with Gasteiger partial charge in [-0.1, -0.05) is 19.1 Å². The molecule has 0 heterocycles. The van der Waals surface area contributed by atoms with Crippen LogP contribution in [0, 0.1) is 0 Å². The summed E-state index contributed by atoms with van der Waals surface area (Å²) in [5.41, 5.74) is 1.79. The van der Waals surface area contributed by atoms with E-state index >= 15 is 0 Å². The van der Waals surface area contributed by atoms with Gasteiger partial charge >= 0.3 is 0 Å². The highest BCUT2D eigenvalue weighted by molar-refractivity contribution is 7.89. The maximum atomic E-state index is 12.6. The summed E-state index contributed by atoms with van der Waals surface area (Å²) in [6, 6.07) is 5.44. The first-order valence-electron chi connectivity index (χ1n) is 7.22. The molecule has 1 atom stereocenters. The number of methoxy groups -OCH3 is 1. The van der Waals surface area contributed by atoms with Gasteiger partial charge < -0.3 is 10.1 Å². The number of benzene rings is 1. The third-order valence-electron chi connectivity index (χ3n) is 3.29. The van der Waals surface area contributed by atoms with Gasteiger partial charge in [-0.3, -0.25) is 0 Å². The Kier molecular flexibility index (Phi) is 7.31. The Labute approximate surface area is 128 Å². The molecule has 0 saturated carbocycles. The number of nitrogens with one attached hydrogen (secondary N) is 2. The second-order valence-electron chi connectivity index (χ2n) is 5.13. The fraction of sp³-hybridized carbons (Fsp3) is 0.600. The quantitative estimate of drug-likeness (QED) is 0.727. The van der Waals surface area contributed by atoms with E-state index in [4.69, 9.17) is 4.74 Å². The van der Waals surface area contributed by atoms with E-state index in [9.17, 15) is 8.42 Å². The molecule has 0 amide bonds. The van der Waals surface area contributed by atoms with E-state index in [1.807, 2.05) is 33.0 Å². The maximum absolute atomic E-state index is 12.6. The first-order valence-corrected chi connectivity index (χ1v) is 8.70.